The highest BCUT2D eigenvalue weighted by atomic mass is 32.1. The van der Waals surface area contributed by atoms with Crippen molar-refractivity contribution in [2.24, 2.45) is 0 Å². The normalized spacial score (nSPS) is 10.4. The molecule has 1 amide bonds. The van der Waals surface area contributed by atoms with E-state index in [-0.39, 0.29) is 5.91 Å². The second kappa shape index (κ2) is 6.54. The minimum absolute atomic E-state index is 0.0437. The summed E-state index contributed by atoms with van der Waals surface area (Å²) < 4.78 is 0. The lowest BCUT2D eigenvalue weighted by molar-refractivity contribution is -0.115. The van der Waals surface area contributed by atoms with Gasteiger partial charge in [-0.05, 0) is 12.5 Å². The summed E-state index contributed by atoms with van der Waals surface area (Å²) in [7, 11) is 0. The molecular weight excluding hydrogens is 292 g/mol. The number of aryl methyl sites for hydroxylation is 1. The molecule has 0 fully saturated rings. The second-order valence-electron chi connectivity index (χ2n) is 5.11. The molecule has 0 atom stereocenters. The van der Waals surface area contributed by atoms with Gasteiger partial charge in [0, 0.05) is 10.9 Å². The van der Waals surface area contributed by atoms with Crippen molar-refractivity contribution < 1.29 is 4.79 Å². The molecule has 1 heterocycles. The average molecular weight is 308 g/mol. The van der Waals surface area contributed by atoms with Crippen LogP contribution in [0, 0.1) is 6.92 Å². The molecule has 110 valence electrons. The predicted molar refractivity (Wildman–Crippen MR) is 91.1 cm³/mol. The van der Waals surface area contributed by atoms with Crippen molar-refractivity contribution in [2.45, 2.75) is 13.3 Å². The Morgan fingerprint density at radius 3 is 2.55 bits per heavy atom. The van der Waals surface area contributed by atoms with Gasteiger partial charge in [0.2, 0.25) is 5.91 Å². The van der Waals surface area contributed by atoms with Crippen LogP contribution in [-0.2, 0) is 11.2 Å². The lowest BCUT2D eigenvalue weighted by Crippen LogP contribution is -2.14. The number of nitrogens with one attached hydrogen (secondary N) is 1. The van der Waals surface area contributed by atoms with E-state index in [9.17, 15) is 4.79 Å². The monoisotopic (exact) mass is 308 g/mol. The molecule has 3 rings (SSSR count). The molecule has 2 aromatic carbocycles. The number of aromatic nitrogens is 1. The fourth-order valence-electron chi connectivity index (χ4n) is 2.13. The summed E-state index contributed by atoms with van der Waals surface area (Å²) in [5, 5.41) is 5.45. The largest absolute Gasteiger partial charge is 0.302 e. The number of anilines is 1. The molecule has 0 aliphatic rings. The van der Waals surface area contributed by atoms with Crippen molar-refractivity contribution >= 4 is 22.4 Å². The van der Waals surface area contributed by atoms with E-state index in [1.165, 1.54) is 16.9 Å². The van der Waals surface area contributed by atoms with Gasteiger partial charge in [0.25, 0.3) is 0 Å². The first-order valence-electron chi connectivity index (χ1n) is 7.07. The lowest BCUT2D eigenvalue weighted by Gasteiger charge is -2.02. The van der Waals surface area contributed by atoms with E-state index in [0.29, 0.717) is 11.6 Å². The van der Waals surface area contributed by atoms with Crippen LogP contribution in [0.1, 0.15) is 11.1 Å². The first-order valence-corrected chi connectivity index (χ1v) is 7.95. The van der Waals surface area contributed by atoms with Crippen LogP contribution < -0.4 is 5.32 Å². The topological polar surface area (TPSA) is 42.0 Å². The van der Waals surface area contributed by atoms with E-state index in [0.717, 1.165) is 16.8 Å². The van der Waals surface area contributed by atoms with E-state index >= 15 is 0 Å². The van der Waals surface area contributed by atoms with Gasteiger partial charge in [0.15, 0.2) is 5.13 Å². The third-order valence-corrected chi connectivity index (χ3v) is 4.06. The smallest absolute Gasteiger partial charge is 0.230 e. The van der Waals surface area contributed by atoms with Gasteiger partial charge >= 0.3 is 0 Å². The van der Waals surface area contributed by atoms with Crippen LogP contribution >= 0.6 is 11.3 Å². The summed E-state index contributed by atoms with van der Waals surface area (Å²) in [5.41, 5.74) is 4.13. The van der Waals surface area contributed by atoms with Gasteiger partial charge in [-0.15, -0.1) is 11.3 Å². The molecule has 0 spiro atoms. The molecule has 0 bridgehead atoms. The van der Waals surface area contributed by atoms with Gasteiger partial charge in [-0.3, -0.25) is 4.79 Å². The van der Waals surface area contributed by atoms with Crippen LogP contribution in [0.3, 0.4) is 0 Å². The van der Waals surface area contributed by atoms with Crippen LogP contribution in [0.25, 0.3) is 11.3 Å². The Kier molecular flexibility index (Phi) is 4.30. The van der Waals surface area contributed by atoms with Gasteiger partial charge < -0.3 is 5.32 Å². The van der Waals surface area contributed by atoms with Crippen molar-refractivity contribution in [2.75, 3.05) is 5.32 Å². The van der Waals surface area contributed by atoms with Gasteiger partial charge in [-0.1, -0.05) is 60.2 Å². The number of carbonyl (C=O) groups is 1. The average Bonchev–Trinajstić information content (AvgIpc) is 2.99. The predicted octanol–water partition coefficient (Wildman–Crippen LogP) is 4.30. The second-order valence-corrected chi connectivity index (χ2v) is 5.97. The lowest BCUT2D eigenvalue weighted by atomic mass is 10.1. The molecule has 3 aromatic rings. The van der Waals surface area contributed by atoms with Crippen LogP contribution in [0.2, 0.25) is 0 Å². The summed E-state index contributed by atoms with van der Waals surface area (Å²) in [5.74, 6) is -0.0437. The van der Waals surface area contributed by atoms with Gasteiger partial charge in [-0.2, -0.15) is 0 Å². The first kappa shape index (κ1) is 14.5. The number of nitrogens with zero attached hydrogens (tertiary/aromatic N) is 1. The number of carbonyl (C=O) groups excluding carboxylic acids is 1. The van der Waals surface area contributed by atoms with Crippen LogP contribution in [0.5, 0.6) is 0 Å². The maximum Gasteiger partial charge on any atom is 0.230 e. The molecular formula is C18H16N2OS. The molecule has 0 saturated heterocycles. The summed E-state index contributed by atoms with van der Waals surface area (Å²) in [6.07, 6.45) is 0.362. The highest BCUT2D eigenvalue weighted by Gasteiger charge is 2.08. The third kappa shape index (κ3) is 3.59. The Bertz CT molecular complexity index is 763. The van der Waals surface area contributed by atoms with E-state index in [4.69, 9.17) is 0 Å². The molecule has 0 aliphatic carbocycles. The standard InChI is InChI=1S/C18H16N2OS/c1-13-7-9-14(10-8-13)11-17(21)20-18-19-16(12-22-18)15-5-3-2-4-6-15/h2-10,12H,11H2,1H3,(H,19,20,21). The molecule has 22 heavy (non-hydrogen) atoms. The van der Waals surface area contributed by atoms with Crippen molar-refractivity contribution in [3.05, 3.63) is 71.1 Å². The zero-order valence-corrected chi connectivity index (χ0v) is 13.1. The van der Waals surface area contributed by atoms with E-state index in [1.54, 1.807) is 0 Å². The Balaban J connectivity index is 1.65. The van der Waals surface area contributed by atoms with E-state index < -0.39 is 0 Å². The molecule has 0 radical (unpaired) electrons. The molecule has 0 unspecified atom stereocenters. The Hall–Kier alpha value is -2.46. The van der Waals surface area contributed by atoms with Gasteiger partial charge in [-0.25, -0.2) is 4.98 Å². The zero-order valence-electron chi connectivity index (χ0n) is 12.2. The number of amides is 1. The van der Waals surface area contributed by atoms with Gasteiger partial charge in [0.05, 0.1) is 12.1 Å². The summed E-state index contributed by atoms with van der Waals surface area (Å²) in [4.78, 5) is 16.5. The molecule has 4 heteroatoms. The van der Waals surface area contributed by atoms with E-state index in [1.807, 2.05) is 66.9 Å². The quantitative estimate of drug-likeness (QED) is 0.781. The Morgan fingerprint density at radius 2 is 1.82 bits per heavy atom. The molecule has 0 aliphatic heterocycles. The van der Waals surface area contributed by atoms with Crippen LogP contribution in [0.4, 0.5) is 5.13 Å². The van der Waals surface area contributed by atoms with Crippen molar-refractivity contribution in [1.29, 1.82) is 0 Å². The van der Waals surface area contributed by atoms with Crippen molar-refractivity contribution in [1.82, 2.24) is 4.98 Å². The minimum atomic E-state index is -0.0437. The van der Waals surface area contributed by atoms with Gasteiger partial charge in [0.1, 0.15) is 0 Å². The number of rotatable bonds is 4. The number of hydrogen-bond donors (Lipinski definition) is 1. The fourth-order valence-corrected chi connectivity index (χ4v) is 2.86. The summed E-state index contributed by atoms with van der Waals surface area (Å²) in [6, 6.07) is 17.9. The Morgan fingerprint density at radius 1 is 1.09 bits per heavy atom. The number of hydrogen-bond acceptors (Lipinski definition) is 3. The molecule has 1 aromatic heterocycles. The highest BCUT2D eigenvalue weighted by molar-refractivity contribution is 7.14. The van der Waals surface area contributed by atoms with Crippen molar-refractivity contribution in [3.8, 4) is 11.3 Å². The maximum absolute atomic E-state index is 12.1. The molecule has 0 saturated carbocycles. The number of benzene rings is 2. The third-order valence-electron chi connectivity index (χ3n) is 3.31. The Labute approximate surface area is 133 Å². The highest BCUT2D eigenvalue weighted by Crippen LogP contribution is 2.24. The van der Waals surface area contributed by atoms with Crippen molar-refractivity contribution in [3.63, 3.8) is 0 Å². The SMILES string of the molecule is Cc1ccc(CC(=O)Nc2nc(-c3ccccc3)cs2)cc1. The van der Waals surface area contributed by atoms with Crippen LogP contribution in [0.15, 0.2) is 60.0 Å². The molecule has 1 N–H and O–H groups in total. The fraction of sp³-hybridized carbons (Fsp3) is 0.111. The zero-order chi connectivity index (χ0) is 15.4. The minimum Gasteiger partial charge on any atom is -0.302 e. The van der Waals surface area contributed by atoms with E-state index in [2.05, 4.69) is 10.3 Å². The van der Waals surface area contributed by atoms with Crippen LogP contribution in [-0.4, -0.2) is 10.9 Å². The number of thiazole rings is 1. The molecule has 3 nitrogen and oxygen atoms in total. The summed E-state index contributed by atoms with van der Waals surface area (Å²) in [6.45, 7) is 2.03. The maximum atomic E-state index is 12.1. The summed E-state index contributed by atoms with van der Waals surface area (Å²) >= 11 is 1.44. The first-order chi connectivity index (χ1) is 10.7.